The van der Waals surface area contributed by atoms with E-state index in [0.29, 0.717) is 0 Å². The van der Waals surface area contributed by atoms with Crippen LogP contribution >= 0.6 is 0 Å². The van der Waals surface area contributed by atoms with Crippen molar-refractivity contribution in [3.63, 3.8) is 0 Å². The molecule has 0 aliphatic heterocycles. The van der Waals surface area contributed by atoms with Crippen LogP contribution in [0.1, 0.15) is 26.3 Å². The lowest BCUT2D eigenvalue weighted by molar-refractivity contribution is 0.590. The molecule has 1 aromatic heterocycles. The van der Waals surface area contributed by atoms with Gasteiger partial charge in [-0.1, -0.05) is 99.6 Å². The molecule has 146 valence electrons. The third-order valence-corrected chi connectivity index (χ3v) is 5.89. The number of hydrogen-bond acceptors (Lipinski definition) is 1. The van der Waals surface area contributed by atoms with Gasteiger partial charge in [-0.2, -0.15) is 0 Å². The number of aromatic nitrogens is 1. The van der Waals surface area contributed by atoms with Crippen LogP contribution in [0, 0.1) is 0 Å². The van der Waals surface area contributed by atoms with Crippen LogP contribution in [0.4, 0.5) is 0 Å². The summed E-state index contributed by atoms with van der Waals surface area (Å²) in [4.78, 5) is 4.69. The third-order valence-electron chi connectivity index (χ3n) is 5.89. The summed E-state index contributed by atoms with van der Waals surface area (Å²) in [5.41, 5.74) is 6.26. The topological polar surface area (TPSA) is 12.9 Å². The number of fused-ring (bicyclic) bond motifs is 2. The molecule has 30 heavy (non-hydrogen) atoms. The van der Waals surface area contributed by atoms with Gasteiger partial charge in [0.1, 0.15) is 0 Å². The normalized spacial score (nSPS) is 11.8. The fourth-order valence-electron chi connectivity index (χ4n) is 4.36. The van der Waals surface area contributed by atoms with Crippen LogP contribution in [0.2, 0.25) is 0 Å². The monoisotopic (exact) mass is 387 g/mol. The average Bonchev–Trinajstić information content (AvgIpc) is 2.77. The minimum Gasteiger partial charge on any atom is -0.256 e. The highest BCUT2D eigenvalue weighted by Gasteiger charge is 2.18. The van der Waals surface area contributed by atoms with E-state index in [1.54, 1.807) is 0 Å². The summed E-state index contributed by atoms with van der Waals surface area (Å²) in [6, 6.07) is 32.6. The maximum atomic E-state index is 4.69. The van der Waals surface area contributed by atoms with Crippen molar-refractivity contribution in [3.8, 4) is 22.4 Å². The van der Waals surface area contributed by atoms with Crippen molar-refractivity contribution < 1.29 is 0 Å². The van der Waals surface area contributed by atoms with Gasteiger partial charge in [0.25, 0.3) is 0 Å². The summed E-state index contributed by atoms with van der Waals surface area (Å²) in [7, 11) is 0. The molecular formula is C29H25N. The summed E-state index contributed by atoms with van der Waals surface area (Å²) >= 11 is 0. The van der Waals surface area contributed by atoms with Gasteiger partial charge < -0.3 is 0 Å². The van der Waals surface area contributed by atoms with Crippen molar-refractivity contribution in [1.82, 2.24) is 4.98 Å². The molecule has 0 saturated carbocycles. The summed E-state index contributed by atoms with van der Waals surface area (Å²) in [6.07, 6.45) is 1.87. The van der Waals surface area contributed by atoms with E-state index in [1.165, 1.54) is 43.8 Å². The Morgan fingerprint density at radius 1 is 0.533 bits per heavy atom. The fraction of sp³-hybridized carbons (Fsp3) is 0.138. The van der Waals surface area contributed by atoms with Crippen LogP contribution in [-0.2, 0) is 5.41 Å². The van der Waals surface area contributed by atoms with E-state index in [1.807, 2.05) is 12.3 Å². The lowest BCUT2D eigenvalue weighted by atomic mass is 9.84. The van der Waals surface area contributed by atoms with Crippen LogP contribution < -0.4 is 0 Å². The van der Waals surface area contributed by atoms with E-state index in [-0.39, 0.29) is 5.41 Å². The maximum absolute atomic E-state index is 4.69. The number of hydrogen-bond donors (Lipinski definition) is 0. The second-order valence-corrected chi connectivity index (χ2v) is 8.88. The minimum atomic E-state index is 0.144. The molecule has 0 atom stereocenters. The van der Waals surface area contributed by atoms with Crippen molar-refractivity contribution >= 4 is 21.5 Å². The standard InChI is InChI=1S/C29H25N/c1-29(2,3)21-17-15-20(16-18-21)27-22-10-4-6-12-24(22)28(26-14-8-9-19-30-26)25-13-7-5-11-23(25)27/h4-19H,1-3H3. The molecule has 5 aromatic rings. The lowest BCUT2D eigenvalue weighted by Gasteiger charge is -2.20. The summed E-state index contributed by atoms with van der Waals surface area (Å²) < 4.78 is 0. The van der Waals surface area contributed by atoms with Gasteiger partial charge >= 0.3 is 0 Å². The lowest BCUT2D eigenvalue weighted by Crippen LogP contribution is -2.10. The van der Waals surface area contributed by atoms with Crippen LogP contribution in [0.5, 0.6) is 0 Å². The Morgan fingerprint density at radius 3 is 1.50 bits per heavy atom. The molecule has 1 nitrogen and oxygen atoms in total. The second-order valence-electron chi connectivity index (χ2n) is 8.88. The molecule has 5 rings (SSSR count). The molecular weight excluding hydrogens is 362 g/mol. The van der Waals surface area contributed by atoms with Gasteiger partial charge in [-0.15, -0.1) is 0 Å². The van der Waals surface area contributed by atoms with E-state index in [4.69, 9.17) is 4.98 Å². The Labute approximate surface area is 178 Å². The van der Waals surface area contributed by atoms with E-state index >= 15 is 0 Å². The Kier molecular flexibility index (Phi) is 4.40. The highest BCUT2D eigenvalue weighted by molar-refractivity contribution is 6.20. The SMILES string of the molecule is CC(C)(C)c1ccc(-c2c3ccccc3c(-c3ccccn3)c3ccccc23)cc1. The van der Waals surface area contributed by atoms with Crippen molar-refractivity contribution in [2.24, 2.45) is 0 Å². The first kappa shape index (κ1) is 18.6. The zero-order valence-corrected chi connectivity index (χ0v) is 17.7. The predicted octanol–water partition coefficient (Wildman–Crippen LogP) is 8.02. The van der Waals surface area contributed by atoms with E-state index < -0.39 is 0 Å². The summed E-state index contributed by atoms with van der Waals surface area (Å²) in [5.74, 6) is 0. The number of rotatable bonds is 2. The molecule has 1 heterocycles. The zero-order valence-electron chi connectivity index (χ0n) is 17.7. The van der Waals surface area contributed by atoms with Crippen LogP contribution in [0.3, 0.4) is 0 Å². The first-order chi connectivity index (χ1) is 14.5. The van der Waals surface area contributed by atoms with Crippen LogP contribution in [0.15, 0.2) is 97.2 Å². The highest BCUT2D eigenvalue weighted by Crippen LogP contribution is 2.43. The van der Waals surface area contributed by atoms with Crippen molar-refractivity contribution in [3.05, 3.63) is 103 Å². The van der Waals surface area contributed by atoms with Crippen molar-refractivity contribution in [1.29, 1.82) is 0 Å². The molecule has 0 unspecified atom stereocenters. The molecule has 0 aliphatic rings. The molecule has 0 radical (unpaired) electrons. The molecule has 0 aliphatic carbocycles. The van der Waals surface area contributed by atoms with E-state index in [0.717, 1.165) is 5.69 Å². The predicted molar refractivity (Wildman–Crippen MR) is 129 cm³/mol. The van der Waals surface area contributed by atoms with Gasteiger partial charge in [0, 0.05) is 11.8 Å². The van der Waals surface area contributed by atoms with Crippen molar-refractivity contribution in [2.45, 2.75) is 26.2 Å². The van der Waals surface area contributed by atoms with Gasteiger partial charge in [0.15, 0.2) is 0 Å². The summed E-state index contributed by atoms with van der Waals surface area (Å²) in [6.45, 7) is 6.78. The van der Waals surface area contributed by atoms with Crippen LogP contribution in [0.25, 0.3) is 43.9 Å². The van der Waals surface area contributed by atoms with Gasteiger partial charge in [-0.05, 0) is 55.8 Å². The van der Waals surface area contributed by atoms with E-state index in [2.05, 4.69) is 106 Å². The molecule has 0 N–H and O–H groups in total. The fourth-order valence-corrected chi connectivity index (χ4v) is 4.36. The first-order valence-electron chi connectivity index (χ1n) is 10.5. The van der Waals surface area contributed by atoms with Gasteiger partial charge in [-0.25, -0.2) is 0 Å². The third kappa shape index (κ3) is 3.07. The van der Waals surface area contributed by atoms with Crippen LogP contribution in [-0.4, -0.2) is 4.98 Å². The van der Waals surface area contributed by atoms with Gasteiger partial charge in [0.2, 0.25) is 0 Å². The molecule has 0 spiro atoms. The Balaban J connectivity index is 1.88. The average molecular weight is 388 g/mol. The number of nitrogens with zero attached hydrogens (tertiary/aromatic N) is 1. The van der Waals surface area contributed by atoms with E-state index in [9.17, 15) is 0 Å². The largest absolute Gasteiger partial charge is 0.256 e. The molecule has 1 heteroatoms. The Bertz CT molecular complexity index is 1280. The number of benzene rings is 4. The van der Waals surface area contributed by atoms with Gasteiger partial charge in [0.05, 0.1) is 5.69 Å². The molecule has 0 fully saturated rings. The van der Waals surface area contributed by atoms with Crippen molar-refractivity contribution in [2.75, 3.05) is 0 Å². The Hall–Kier alpha value is -3.45. The smallest absolute Gasteiger partial charge is 0.0714 e. The molecule has 0 saturated heterocycles. The highest BCUT2D eigenvalue weighted by atomic mass is 14.7. The maximum Gasteiger partial charge on any atom is 0.0714 e. The second kappa shape index (κ2) is 7.11. The Morgan fingerprint density at radius 2 is 1.03 bits per heavy atom. The summed E-state index contributed by atoms with van der Waals surface area (Å²) in [5, 5.41) is 5.01. The zero-order chi connectivity index (χ0) is 20.7. The number of pyridine rings is 1. The van der Waals surface area contributed by atoms with Gasteiger partial charge in [-0.3, -0.25) is 4.98 Å². The minimum absolute atomic E-state index is 0.144. The first-order valence-corrected chi connectivity index (χ1v) is 10.5. The molecule has 0 amide bonds. The molecule has 0 bridgehead atoms. The molecule has 4 aromatic carbocycles. The quantitative estimate of drug-likeness (QED) is 0.279.